The molecule has 0 heterocycles. The van der Waals surface area contributed by atoms with Crippen molar-refractivity contribution in [1.82, 2.24) is 0 Å². The molecule has 0 N–H and O–H groups in total. The van der Waals surface area contributed by atoms with Gasteiger partial charge in [0.2, 0.25) is 6.17 Å². The summed E-state index contributed by atoms with van der Waals surface area (Å²) in [5, 5.41) is 0. The number of ketones is 1. The molecule has 0 fully saturated rings. The summed E-state index contributed by atoms with van der Waals surface area (Å²) in [7, 11) is 0. The fourth-order valence-corrected chi connectivity index (χ4v) is 0.357. The molecule has 0 aromatic rings. The van der Waals surface area contributed by atoms with Crippen molar-refractivity contribution >= 4 is 5.78 Å². The Bertz CT molecular complexity index is 116. The van der Waals surface area contributed by atoms with Gasteiger partial charge < -0.3 is 0 Å². The minimum atomic E-state index is -3.54. The summed E-state index contributed by atoms with van der Waals surface area (Å²) in [6, 6.07) is 0. The molecule has 0 aromatic carbocycles. The third kappa shape index (κ3) is 2.49. The molecule has 0 rings (SSSR count). The molecule has 0 amide bonds. The lowest BCUT2D eigenvalue weighted by Gasteiger charge is -2.11. The van der Waals surface area contributed by atoms with E-state index in [-0.39, 0.29) is 0 Å². The van der Waals surface area contributed by atoms with Gasteiger partial charge in [0.15, 0.2) is 5.78 Å². The van der Waals surface area contributed by atoms with Crippen LogP contribution in [-0.2, 0) is 4.79 Å². The van der Waals surface area contributed by atoms with E-state index in [0.29, 0.717) is 6.92 Å². The third-order valence-electron chi connectivity index (χ3n) is 0.802. The summed E-state index contributed by atoms with van der Waals surface area (Å²) >= 11 is 0. The van der Waals surface area contributed by atoms with Crippen LogP contribution in [0, 0.1) is 0 Å². The Morgan fingerprint density at radius 1 is 1.56 bits per heavy atom. The summed E-state index contributed by atoms with van der Waals surface area (Å²) in [5.74, 6) is -4.67. The van der Waals surface area contributed by atoms with Gasteiger partial charge in [-0.25, -0.2) is 13.2 Å². The van der Waals surface area contributed by atoms with Crippen LogP contribution in [0.4, 0.5) is 13.2 Å². The van der Waals surface area contributed by atoms with E-state index in [9.17, 15) is 18.0 Å². The zero-order valence-corrected chi connectivity index (χ0v) is 5.12. The van der Waals surface area contributed by atoms with Crippen LogP contribution in [0.2, 0.25) is 0 Å². The third-order valence-corrected chi connectivity index (χ3v) is 0.802. The van der Waals surface area contributed by atoms with Crippen molar-refractivity contribution in [3.63, 3.8) is 0 Å². The van der Waals surface area contributed by atoms with Crippen molar-refractivity contribution in [2.24, 2.45) is 0 Å². The first-order valence-corrected chi connectivity index (χ1v) is 2.38. The van der Waals surface area contributed by atoms with Crippen molar-refractivity contribution in [3.05, 3.63) is 0 Å². The average molecular weight is 140 g/mol. The van der Waals surface area contributed by atoms with Gasteiger partial charge in [-0.05, 0) is 6.92 Å². The molecule has 0 aliphatic heterocycles. The Labute approximate surface area is 50.9 Å². The van der Waals surface area contributed by atoms with Gasteiger partial charge in [0, 0.05) is 6.92 Å². The predicted molar refractivity (Wildman–Crippen MR) is 26.2 cm³/mol. The van der Waals surface area contributed by atoms with Crippen molar-refractivity contribution in [2.45, 2.75) is 25.9 Å². The molecular weight excluding hydrogens is 133 g/mol. The van der Waals surface area contributed by atoms with Gasteiger partial charge in [-0.15, -0.1) is 0 Å². The number of rotatable bonds is 2. The highest BCUT2D eigenvalue weighted by Gasteiger charge is 2.37. The van der Waals surface area contributed by atoms with Crippen LogP contribution in [0.25, 0.3) is 0 Å². The average Bonchev–Trinajstić information content (AvgIpc) is 1.62. The smallest absolute Gasteiger partial charge is 0.283 e. The maximum absolute atomic E-state index is 11.9. The summed E-state index contributed by atoms with van der Waals surface area (Å²) in [6.07, 6.45) is -2.66. The van der Waals surface area contributed by atoms with E-state index in [1.54, 1.807) is 0 Å². The molecule has 0 aliphatic rings. The maximum Gasteiger partial charge on any atom is 0.283 e. The molecule has 54 valence electrons. The van der Waals surface area contributed by atoms with E-state index >= 15 is 0 Å². The first-order valence-electron chi connectivity index (χ1n) is 2.38. The van der Waals surface area contributed by atoms with E-state index in [1.165, 1.54) is 0 Å². The molecular formula is C5H7F3O. The van der Waals surface area contributed by atoms with Gasteiger partial charge in [-0.3, -0.25) is 4.79 Å². The Morgan fingerprint density at radius 2 is 1.89 bits per heavy atom. The van der Waals surface area contributed by atoms with E-state index in [4.69, 9.17) is 0 Å². The first kappa shape index (κ1) is 8.46. The molecule has 0 saturated carbocycles. The van der Waals surface area contributed by atoms with Gasteiger partial charge in [0.05, 0.1) is 0 Å². The topological polar surface area (TPSA) is 17.1 Å². The number of hydrogen-bond donors (Lipinski definition) is 0. The standard InChI is InChI=1S/C5H7F3O/c1-3(9)4(6)5(2,7)8/h4H,1-2H3. The van der Waals surface area contributed by atoms with Crippen molar-refractivity contribution in [3.8, 4) is 0 Å². The molecule has 9 heavy (non-hydrogen) atoms. The fourth-order valence-electron chi connectivity index (χ4n) is 0.357. The Kier molecular flexibility index (Phi) is 2.23. The van der Waals surface area contributed by atoms with Gasteiger partial charge in [0.25, 0.3) is 5.92 Å². The van der Waals surface area contributed by atoms with Gasteiger partial charge in [-0.2, -0.15) is 0 Å². The van der Waals surface area contributed by atoms with Crippen molar-refractivity contribution in [1.29, 1.82) is 0 Å². The van der Waals surface area contributed by atoms with Crippen LogP contribution < -0.4 is 0 Å². The SMILES string of the molecule is CC(=O)C(F)C(C)(F)F. The van der Waals surface area contributed by atoms with Crippen molar-refractivity contribution < 1.29 is 18.0 Å². The Morgan fingerprint density at radius 3 is 1.89 bits per heavy atom. The van der Waals surface area contributed by atoms with E-state index in [2.05, 4.69) is 0 Å². The van der Waals surface area contributed by atoms with Crippen LogP contribution >= 0.6 is 0 Å². The fraction of sp³-hybridized carbons (Fsp3) is 0.800. The van der Waals surface area contributed by atoms with Crippen LogP contribution in [0.1, 0.15) is 13.8 Å². The molecule has 0 radical (unpaired) electrons. The monoisotopic (exact) mass is 140 g/mol. The van der Waals surface area contributed by atoms with Crippen LogP contribution in [0.5, 0.6) is 0 Å². The molecule has 1 atom stereocenters. The van der Waals surface area contributed by atoms with E-state index in [1.807, 2.05) is 0 Å². The van der Waals surface area contributed by atoms with Crippen LogP contribution in [0.15, 0.2) is 0 Å². The number of carbonyl (C=O) groups is 1. The highest BCUT2D eigenvalue weighted by molar-refractivity contribution is 5.81. The van der Waals surface area contributed by atoms with Crippen LogP contribution in [0.3, 0.4) is 0 Å². The highest BCUT2D eigenvalue weighted by atomic mass is 19.3. The second kappa shape index (κ2) is 2.37. The Hall–Kier alpha value is -0.540. The molecule has 0 aliphatic carbocycles. The van der Waals surface area contributed by atoms with Gasteiger partial charge in [0.1, 0.15) is 0 Å². The number of hydrogen-bond acceptors (Lipinski definition) is 1. The molecule has 1 nitrogen and oxygen atoms in total. The number of Topliss-reactive ketones (excluding diaryl/α,β-unsaturated/α-hetero) is 1. The van der Waals surface area contributed by atoms with E-state index < -0.39 is 17.9 Å². The van der Waals surface area contributed by atoms with Gasteiger partial charge >= 0.3 is 0 Å². The largest absolute Gasteiger partial charge is 0.296 e. The molecule has 0 saturated heterocycles. The zero-order valence-electron chi connectivity index (χ0n) is 5.12. The lowest BCUT2D eigenvalue weighted by atomic mass is 10.2. The lowest BCUT2D eigenvalue weighted by molar-refractivity contribution is -0.135. The zero-order chi connectivity index (χ0) is 7.65. The molecule has 0 bridgehead atoms. The number of alkyl halides is 3. The number of carbonyl (C=O) groups excluding carboxylic acids is 1. The van der Waals surface area contributed by atoms with Gasteiger partial charge in [-0.1, -0.05) is 0 Å². The van der Waals surface area contributed by atoms with Crippen molar-refractivity contribution in [2.75, 3.05) is 0 Å². The normalized spacial score (nSPS) is 15.2. The summed E-state index contributed by atoms with van der Waals surface area (Å²) in [4.78, 5) is 9.94. The summed E-state index contributed by atoms with van der Waals surface area (Å²) < 4.78 is 35.5. The molecule has 0 spiro atoms. The molecule has 0 aromatic heterocycles. The first-order chi connectivity index (χ1) is 3.85. The van der Waals surface area contributed by atoms with Crippen LogP contribution in [-0.4, -0.2) is 17.9 Å². The molecule has 1 unspecified atom stereocenters. The summed E-state index contributed by atoms with van der Waals surface area (Å²) in [5.41, 5.74) is 0. The quantitative estimate of drug-likeness (QED) is 0.569. The molecule has 4 heteroatoms. The minimum Gasteiger partial charge on any atom is -0.296 e. The van der Waals surface area contributed by atoms with E-state index in [0.717, 1.165) is 6.92 Å². The maximum atomic E-state index is 11.9. The second-order valence-electron chi connectivity index (χ2n) is 1.93. The predicted octanol–water partition coefficient (Wildman–Crippen LogP) is 1.57. The minimum absolute atomic E-state index is 0.374. The number of halogens is 3. The summed E-state index contributed by atoms with van der Waals surface area (Å²) in [6.45, 7) is 1.17. The second-order valence-corrected chi connectivity index (χ2v) is 1.93. The lowest BCUT2D eigenvalue weighted by Crippen LogP contribution is -2.31. The Balaban J connectivity index is 4.04. The highest BCUT2D eigenvalue weighted by Crippen LogP contribution is 2.20.